The van der Waals surface area contributed by atoms with Gasteiger partial charge in [-0.25, -0.2) is 4.99 Å². The van der Waals surface area contributed by atoms with Crippen molar-refractivity contribution >= 4 is 6.02 Å². The maximum Gasteiger partial charge on any atom is 0.387 e. The first kappa shape index (κ1) is 15.3. The maximum absolute atomic E-state index is 12.4. The molecule has 0 saturated carbocycles. The minimum atomic E-state index is -2.85. The molecule has 3 rings (SSSR count). The summed E-state index contributed by atoms with van der Waals surface area (Å²) in [6, 6.07) is 14.5. The molecule has 1 aliphatic rings. The summed E-state index contributed by atoms with van der Waals surface area (Å²) in [5.74, 6) is 0.111. The van der Waals surface area contributed by atoms with Crippen molar-refractivity contribution in [2.75, 3.05) is 6.61 Å². The second kappa shape index (κ2) is 5.87. The summed E-state index contributed by atoms with van der Waals surface area (Å²) in [5, 5.41) is 0. The zero-order valence-electron chi connectivity index (χ0n) is 12.5. The first-order valence-electron chi connectivity index (χ1n) is 7.11. The Morgan fingerprint density at radius 3 is 2.52 bits per heavy atom. The average Bonchev–Trinajstić information content (AvgIpc) is 2.91. The summed E-state index contributed by atoms with van der Waals surface area (Å²) in [6.07, 6.45) is 0. The van der Waals surface area contributed by atoms with Crippen LogP contribution in [0.25, 0.3) is 0 Å². The van der Waals surface area contributed by atoms with Crippen molar-refractivity contribution in [1.29, 1.82) is 0 Å². The van der Waals surface area contributed by atoms with Gasteiger partial charge in [0.2, 0.25) is 0 Å². The topological polar surface area (TPSA) is 56.8 Å². The number of nitrogens with two attached hydrogens (primary N) is 1. The van der Waals surface area contributed by atoms with Crippen LogP contribution in [0.3, 0.4) is 0 Å². The number of benzene rings is 2. The summed E-state index contributed by atoms with van der Waals surface area (Å²) in [7, 11) is 0. The number of hydrogen-bond acceptors (Lipinski definition) is 4. The molecule has 2 aromatic rings. The Labute approximate surface area is 132 Å². The van der Waals surface area contributed by atoms with Crippen molar-refractivity contribution in [3.8, 4) is 5.75 Å². The van der Waals surface area contributed by atoms with Crippen molar-refractivity contribution in [3.05, 3.63) is 65.2 Å². The number of nitrogens with zero attached hydrogens (tertiary/aromatic N) is 1. The molecule has 1 atom stereocenters. The summed E-state index contributed by atoms with van der Waals surface area (Å²) in [4.78, 5) is 4.50. The molecule has 0 saturated heterocycles. The van der Waals surface area contributed by atoms with Gasteiger partial charge in [0, 0.05) is 0 Å². The molecule has 0 radical (unpaired) electrons. The van der Waals surface area contributed by atoms with Gasteiger partial charge in [-0.2, -0.15) is 8.78 Å². The van der Waals surface area contributed by atoms with E-state index in [-0.39, 0.29) is 18.4 Å². The van der Waals surface area contributed by atoms with E-state index in [1.807, 2.05) is 37.3 Å². The number of alkyl halides is 2. The molecule has 2 aromatic carbocycles. The number of aliphatic imine (C=N–C) groups is 1. The molecule has 120 valence electrons. The Morgan fingerprint density at radius 1 is 1.22 bits per heavy atom. The standard InChI is InChI=1S/C17H16F2N2O2/c1-11-9-13(23-15(18)19)7-8-14(11)17(10-22-16(20)21-17)12-5-3-2-4-6-12/h2-9,15H,10H2,1H3,(H2,20,21). The van der Waals surface area contributed by atoms with E-state index in [1.165, 1.54) is 6.07 Å². The summed E-state index contributed by atoms with van der Waals surface area (Å²) in [6.45, 7) is -0.770. The van der Waals surface area contributed by atoms with Gasteiger partial charge < -0.3 is 15.2 Å². The Balaban J connectivity index is 2.09. The molecular formula is C17H16F2N2O2. The Morgan fingerprint density at radius 2 is 1.96 bits per heavy atom. The van der Waals surface area contributed by atoms with E-state index in [0.29, 0.717) is 0 Å². The van der Waals surface area contributed by atoms with Crippen LogP contribution in [0, 0.1) is 6.92 Å². The maximum atomic E-state index is 12.4. The van der Waals surface area contributed by atoms with Crippen LogP contribution in [0.1, 0.15) is 16.7 Å². The van der Waals surface area contributed by atoms with E-state index < -0.39 is 12.2 Å². The molecule has 0 spiro atoms. The van der Waals surface area contributed by atoms with Crippen molar-refractivity contribution in [1.82, 2.24) is 0 Å². The summed E-state index contributed by atoms with van der Waals surface area (Å²) >= 11 is 0. The minimum absolute atomic E-state index is 0.111. The van der Waals surface area contributed by atoms with Crippen LogP contribution in [0.15, 0.2) is 53.5 Å². The van der Waals surface area contributed by atoms with Crippen LogP contribution in [0.2, 0.25) is 0 Å². The number of amidine groups is 1. The smallest absolute Gasteiger partial charge is 0.387 e. The predicted octanol–water partition coefficient (Wildman–Crippen LogP) is 3.18. The molecule has 4 nitrogen and oxygen atoms in total. The molecule has 0 amide bonds. The van der Waals surface area contributed by atoms with Crippen LogP contribution < -0.4 is 10.5 Å². The summed E-state index contributed by atoms with van der Waals surface area (Å²) < 4.78 is 34.6. The molecule has 23 heavy (non-hydrogen) atoms. The number of rotatable bonds is 4. The van der Waals surface area contributed by atoms with E-state index >= 15 is 0 Å². The van der Waals surface area contributed by atoms with Gasteiger partial charge in [0.1, 0.15) is 12.4 Å². The number of halogens is 2. The zero-order chi connectivity index (χ0) is 16.4. The Hall–Kier alpha value is -2.63. The van der Waals surface area contributed by atoms with Gasteiger partial charge in [0.25, 0.3) is 6.02 Å². The fraction of sp³-hybridized carbons (Fsp3) is 0.235. The second-order valence-corrected chi connectivity index (χ2v) is 5.32. The van der Waals surface area contributed by atoms with Crippen LogP contribution in [0.4, 0.5) is 8.78 Å². The molecule has 6 heteroatoms. The predicted molar refractivity (Wildman–Crippen MR) is 82.6 cm³/mol. The number of ether oxygens (including phenoxy) is 2. The lowest BCUT2D eigenvalue weighted by molar-refractivity contribution is -0.0498. The van der Waals surface area contributed by atoms with Gasteiger partial charge in [-0.05, 0) is 35.7 Å². The van der Waals surface area contributed by atoms with Crippen molar-refractivity contribution in [3.63, 3.8) is 0 Å². The number of aryl methyl sites for hydroxylation is 1. The van der Waals surface area contributed by atoms with Gasteiger partial charge in [-0.1, -0.05) is 36.4 Å². The van der Waals surface area contributed by atoms with E-state index in [2.05, 4.69) is 9.73 Å². The molecule has 1 heterocycles. The van der Waals surface area contributed by atoms with Crippen LogP contribution in [0.5, 0.6) is 5.75 Å². The van der Waals surface area contributed by atoms with Crippen molar-refractivity contribution in [2.24, 2.45) is 10.7 Å². The van der Waals surface area contributed by atoms with Crippen LogP contribution in [-0.2, 0) is 10.3 Å². The van der Waals surface area contributed by atoms with Gasteiger partial charge >= 0.3 is 6.61 Å². The largest absolute Gasteiger partial charge is 0.462 e. The molecule has 0 aromatic heterocycles. The van der Waals surface area contributed by atoms with E-state index in [0.717, 1.165) is 16.7 Å². The molecule has 2 N–H and O–H groups in total. The van der Waals surface area contributed by atoms with Gasteiger partial charge in [0.15, 0.2) is 5.54 Å². The van der Waals surface area contributed by atoms with E-state index in [9.17, 15) is 8.78 Å². The van der Waals surface area contributed by atoms with E-state index in [1.54, 1.807) is 12.1 Å². The third-order valence-electron chi connectivity index (χ3n) is 3.85. The Bertz CT molecular complexity index is 735. The lowest BCUT2D eigenvalue weighted by Gasteiger charge is -2.27. The molecule has 1 unspecified atom stereocenters. The quantitative estimate of drug-likeness (QED) is 0.942. The molecule has 0 bridgehead atoms. The van der Waals surface area contributed by atoms with Crippen LogP contribution >= 0.6 is 0 Å². The van der Waals surface area contributed by atoms with Crippen LogP contribution in [-0.4, -0.2) is 19.2 Å². The normalized spacial score (nSPS) is 20.3. The first-order valence-corrected chi connectivity index (χ1v) is 7.11. The first-order chi connectivity index (χ1) is 11.0. The second-order valence-electron chi connectivity index (χ2n) is 5.32. The fourth-order valence-electron chi connectivity index (χ4n) is 2.86. The van der Waals surface area contributed by atoms with Gasteiger partial charge in [-0.15, -0.1) is 0 Å². The van der Waals surface area contributed by atoms with Crippen molar-refractivity contribution in [2.45, 2.75) is 19.1 Å². The average molecular weight is 318 g/mol. The molecular weight excluding hydrogens is 302 g/mol. The van der Waals surface area contributed by atoms with Crippen molar-refractivity contribution < 1.29 is 18.3 Å². The highest BCUT2D eigenvalue weighted by Gasteiger charge is 2.40. The summed E-state index contributed by atoms with van der Waals surface area (Å²) in [5.41, 5.74) is 7.49. The highest BCUT2D eigenvalue weighted by atomic mass is 19.3. The fourth-order valence-corrected chi connectivity index (χ4v) is 2.86. The highest BCUT2D eigenvalue weighted by Crippen LogP contribution is 2.39. The number of hydrogen-bond donors (Lipinski definition) is 1. The molecule has 0 fully saturated rings. The monoisotopic (exact) mass is 318 g/mol. The SMILES string of the molecule is Cc1cc(OC(F)F)ccc1C1(c2ccccc2)COC(N)=N1. The highest BCUT2D eigenvalue weighted by molar-refractivity contribution is 5.75. The van der Waals surface area contributed by atoms with Gasteiger partial charge in [0.05, 0.1) is 0 Å². The van der Waals surface area contributed by atoms with Gasteiger partial charge in [-0.3, -0.25) is 0 Å². The lowest BCUT2D eigenvalue weighted by atomic mass is 9.82. The molecule has 0 aliphatic carbocycles. The minimum Gasteiger partial charge on any atom is -0.462 e. The zero-order valence-corrected chi connectivity index (χ0v) is 12.5. The van der Waals surface area contributed by atoms with E-state index in [4.69, 9.17) is 10.5 Å². The molecule has 1 aliphatic heterocycles. The lowest BCUT2D eigenvalue weighted by Crippen LogP contribution is -2.28. The third kappa shape index (κ3) is 2.84. The Kier molecular flexibility index (Phi) is 3.90. The third-order valence-corrected chi connectivity index (χ3v) is 3.85.